The fourth-order valence-electron chi connectivity index (χ4n) is 3.44. The van der Waals surface area contributed by atoms with Crippen LogP contribution in [0, 0.1) is 5.41 Å². The van der Waals surface area contributed by atoms with Gasteiger partial charge in [-0.15, -0.1) is 0 Å². The van der Waals surface area contributed by atoms with Crippen LogP contribution in [0.25, 0.3) is 0 Å². The van der Waals surface area contributed by atoms with Gasteiger partial charge in [0, 0.05) is 19.1 Å². The Kier molecular flexibility index (Phi) is 4.09. The Morgan fingerprint density at radius 3 is 2.42 bits per heavy atom. The van der Waals surface area contributed by atoms with Gasteiger partial charge in [0.15, 0.2) is 0 Å². The number of nitrogens with two attached hydrogens (primary N) is 1. The number of nitrogens with zero attached hydrogens (tertiary/aromatic N) is 1. The van der Waals surface area contributed by atoms with Gasteiger partial charge < -0.3 is 15.4 Å². The highest BCUT2D eigenvalue weighted by molar-refractivity contribution is 5.68. The van der Waals surface area contributed by atoms with Gasteiger partial charge in [-0.25, -0.2) is 4.79 Å². The Bertz CT molecular complexity index is 328. The molecule has 1 aliphatic heterocycles. The Morgan fingerprint density at radius 1 is 1.26 bits per heavy atom. The summed E-state index contributed by atoms with van der Waals surface area (Å²) in [4.78, 5) is 13.9. The van der Waals surface area contributed by atoms with E-state index in [0.717, 1.165) is 38.8 Å². The summed E-state index contributed by atoms with van der Waals surface area (Å²) in [5.74, 6) is 0. The van der Waals surface area contributed by atoms with E-state index >= 15 is 0 Å². The SMILES string of the molecule is CC(C)(C)OC(=O)N1CCC2(CCC[C@H](N)C2)CC1. The summed E-state index contributed by atoms with van der Waals surface area (Å²) in [5, 5.41) is 0. The van der Waals surface area contributed by atoms with Gasteiger partial charge >= 0.3 is 6.09 Å². The van der Waals surface area contributed by atoms with Crippen molar-refractivity contribution in [1.29, 1.82) is 0 Å². The standard InChI is InChI=1S/C15H28N2O2/c1-14(2,3)19-13(18)17-9-7-15(8-10-17)6-4-5-12(16)11-15/h12H,4-11,16H2,1-3H3/t12-/m0/s1. The number of carbonyl (C=O) groups excluding carboxylic acids is 1. The minimum Gasteiger partial charge on any atom is -0.444 e. The molecule has 2 rings (SSSR count). The minimum atomic E-state index is -0.403. The van der Waals surface area contributed by atoms with E-state index in [9.17, 15) is 4.79 Å². The number of likely N-dealkylation sites (tertiary alicyclic amines) is 1. The molecule has 0 bridgehead atoms. The van der Waals surface area contributed by atoms with Crippen LogP contribution in [0.4, 0.5) is 4.79 Å². The van der Waals surface area contributed by atoms with Crippen LogP contribution in [0.1, 0.15) is 59.3 Å². The van der Waals surface area contributed by atoms with E-state index in [0.29, 0.717) is 11.5 Å². The van der Waals surface area contributed by atoms with E-state index in [1.54, 1.807) is 0 Å². The predicted molar refractivity (Wildman–Crippen MR) is 75.9 cm³/mol. The van der Waals surface area contributed by atoms with Crippen molar-refractivity contribution in [3.8, 4) is 0 Å². The second-order valence-electron chi connectivity index (χ2n) is 7.32. The highest BCUT2D eigenvalue weighted by Gasteiger charge is 2.39. The zero-order valence-electron chi connectivity index (χ0n) is 12.6. The van der Waals surface area contributed by atoms with Crippen LogP contribution < -0.4 is 5.73 Å². The first-order chi connectivity index (χ1) is 8.80. The lowest BCUT2D eigenvalue weighted by molar-refractivity contribution is 0.00321. The van der Waals surface area contributed by atoms with Gasteiger partial charge in [-0.3, -0.25) is 0 Å². The summed E-state index contributed by atoms with van der Waals surface area (Å²) in [6, 6.07) is 0.363. The maximum atomic E-state index is 12.0. The average Bonchev–Trinajstić information content (AvgIpc) is 2.27. The van der Waals surface area contributed by atoms with Crippen LogP contribution in [0.3, 0.4) is 0 Å². The molecule has 110 valence electrons. The van der Waals surface area contributed by atoms with Gasteiger partial charge in [0.25, 0.3) is 0 Å². The van der Waals surface area contributed by atoms with Crippen molar-refractivity contribution in [2.75, 3.05) is 13.1 Å². The molecule has 1 saturated heterocycles. The summed E-state index contributed by atoms with van der Waals surface area (Å²) in [6.07, 6.45) is 6.82. The molecule has 0 aromatic carbocycles. The topological polar surface area (TPSA) is 55.6 Å². The molecule has 0 unspecified atom stereocenters. The van der Waals surface area contributed by atoms with Crippen LogP contribution in [0.5, 0.6) is 0 Å². The van der Waals surface area contributed by atoms with Crippen LogP contribution in [0.15, 0.2) is 0 Å². The minimum absolute atomic E-state index is 0.164. The largest absolute Gasteiger partial charge is 0.444 e. The molecule has 1 saturated carbocycles. The number of ether oxygens (including phenoxy) is 1. The molecule has 1 amide bonds. The lowest BCUT2D eigenvalue weighted by Gasteiger charge is -2.45. The number of piperidine rings is 1. The molecule has 0 aromatic rings. The molecular formula is C15H28N2O2. The van der Waals surface area contributed by atoms with Crippen molar-refractivity contribution in [3.05, 3.63) is 0 Å². The van der Waals surface area contributed by atoms with E-state index in [4.69, 9.17) is 10.5 Å². The lowest BCUT2D eigenvalue weighted by Crippen LogP contribution is -2.48. The Morgan fingerprint density at radius 2 is 1.89 bits per heavy atom. The summed E-state index contributed by atoms with van der Waals surface area (Å²) < 4.78 is 5.44. The van der Waals surface area contributed by atoms with Crippen LogP contribution in [0.2, 0.25) is 0 Å². The van der Waals surface area contributed by atoms with Crippen molar-refractivity contribution in [2.24, 2.45) is 11.1 Å². The summed E-state index contributed by atoms with van der Waals surface area (Å²) in [5.41, 5.74) is 6.11. The predicted octanol–water partition coefficient (Wildman–Crippen LogP) is 2.91. The van der Waals surface area contributed by atoms with Crippen molar-refractivity contribution in [2.45, 2.75) is 70.9 Å². The molecule has 0 radical (unpaired) electrons. The van der Waals surface area contributed by atoms with Crippen LogP contribution >= 0.6 is 0 Å². The van der Waals surface area contributed by atoms with Crippen LogP contribution in [-0.2, 0) is 4.74 Å². The van der Waals surface area contributed by atoms with E-state index in [-0.39, 0.29) is 6.09 Å². The molecule has 1 aliphatic carbocycles. The zero-order valence-corrected chi connectivity index (χ0v) is 12.6. The quantitative estimate of drug-likeness (QED) is 0.735. The number of hydrogen-bond donors (Lipinski definition) is 1. The van der Waals surface area contributed by atoms with Crippen molar-refractivity contribution >= 4 is 6.09 Å². The van der Waals surface area contributed by atoms with Crippen LogP contribution in [-0.4, -0.2) is 35.7 Å². The summed E-state index contributed by atoms with van der Waals surface area (Å²) >= 11 is 0. The maximum Gasteiger partial charge on any atom is 0.410 e. The number of carbonyl (C=O) groups is 1. The molecule has 0 aromatic heterocycles. The molecule has 1 heterocycles. The number of hydrogen-bond acceptors (Lipinski definition) is 3. The maximum absolute atomic E-state index is 12.0. The first-order valence-electron chi connectivity index (χ1n) is 7.53. The second kappa shape index (κ2) is 5.31. The fraction of sp³-hybridized carbons (Fsp3) is 0.933. The molecule has 2 aliphatic rings. The summed E-state index contributed by atoms with van der Waals surface area (Å²) in [7, 11) is 0. The fourth-order valence-corrected chi connectivity index (χ4v) is 3.44. The monoisotopic (exact) mass is 268 g/mol. The van der Waals surface area contributed by atoms with Crippen molar-refractivity contribution < 1.29 is 9.53 Å². The molecule has 1 spiro atoms. The zero-order chi connectivity index (χ0) is 14.1. The average molecular weight is 268 g/mol. The molecule has 2 fully saturated rings. The van der Waals surface area contributed by atoms with Gasteiger partial charge in [-0.1, -0.05) is 6.42 Å². The van der Waals surface area contributed by atoms with Gasteiger partial charge in [0.05, 0.1) is 0 Å². The van der Waals surface area contributed by atoms with Gasteiger partial charge in [0.1, 0.15) is 5.60 Å². The van der Waals surface area contributed by atoms with E-state index in [1.807, 2.05) is 25.7 Å². The summed E-state index contributed by atoms with van der Waals surface area (Å²) in [6.45, 7) is 7.38. The number of amides is 1. The highest BCUT2D eigenvalue weighted by atomic mass is 16.6. The normalized spacial score (nSPS) is 27.4. The van der Waals surface area contributed by atoms with E-state index < -0.39 is 5.60 Å². The third-order valence-corrected chi connectivity index (χ3v) is 4.45. The smallest absolute Gasteiger partial charge is 0.410 e. The Balaban J connectivity index is 1.87. The first-order valence-corrected chi connectivity index (χ1v) is 7.53. The van der Waals surface area contributed by atoms with Crippen molar-refractivity contribution in [1.82, 2.24) is 4.90 Å². The Labute approximate surface area is 116 Å². The molecule has 1 atom stereocenters. The molecular weight excluding hydrogens is 240 g/mol. The first kappa shape index (κ1) is 14.6. The van der Waals surface area contributed by atoms with Gasteiger partial charge in [-0.05, 0) is 58.3 Å². The third kappa shape index (κ3) is 3.85. The molecule has 2 N–H and O–H groups in total. The lowest BCUT2D eigenvalue weighted by atomic mass is 9.67. The van der Waals surface area contributed by atoms with Gasteiger partial charge in [-0.2, -0.15) is 0 Å². The van der Waals surface area contributed by atoms with Gasteiger partial charge in [0.2, 0.25) is 0 Å². The molecule has 4 nitrogen and oxygen atoms in total. The Hall–Kier alpha value is -0.770. The second-order valence-corrected chi connectivity index (χ2v) is 7.32. The highest BCUT2D eigenvalue weighted by Crippen LogP contribution is 2.44. The molecule has 19 heavy (non-hydrogen) atoms. The molecule has 4 heteroatoms. The third-order valence-electron chi connectivity index (χ3n) is 4.45. The van der Waals surface area contributed by atoms with E-state index in [1.165, 1.54) is 12.8 Å². The van der Waals surface area contributed by atoms with Crippen molar-refractivity contribution in [3.63, 3.8) is 0 Å². The van der Waals surface area contributed by atoms with E-state index in [2.05, 4.69) is 0 Å². The number of rotatable bonds is 0.